The number of fused-ring (bicyclic) bond motifs is 1. The Kier molecular flexibility index (Phi) is 5.05. The topological polar surface area (TPSA) is 81.4 Å². The Labute approximate surface area is 168 Å². The second-order valence-corrected chi connectivity index (χ2v) is 6.29. The number of halogens is 3. The van der Waals surface area contributed by atoms with Gasteiger partial charge in [0.15, 0.2) is 11.5 Å². The maximum Gasteiger partial charge on any atom is 0.573 e. The summed E-state index contributed by atoms with van der Waals surface area (Å²) >= 11 is 0. The number of pyridine rings is 2. The van der Waals surface area contributed by atoms with Crippen molar-refractivity contribution in [3.63, 3.8) is 0 Å². The van der Waals surface area contributed by atoms with E-state index in [1.54, 1.807) is 41.2 Å². The van der Waals surface area contributed by atoms with E-state index in [0.717, 1.165) is 5.56 Å². The highest BCUT2D eigenvalue weighted by Gasteiger charge is 2.31. The quantitative estimate of drug-likeness (QED) is 0.541. The number of hydrogen-bond acceptors (Lipinski definition) is 5. The van der Waals surface area contributed by atoms with E-state index < -0.39 is 6.36 Å². The van der Waals surface area contributed by atoms with Crippen LogP contribution in [0.25, 0.3) is 17.0 Å². The molecule has 1 N–H and O–H groups in total. The Hall–Kier alpha value is -3.95. The van der Waals surface area contributed by atoms with Gasteiger partial charge in [0.05, 0.1) is 5.56 Å². The van der Waals surface area contributed by atoms with Crippen molar-refractivity contribution >= 4 is 11.6 Å². The summed E-state index contributed by atoms with van der Waals surface area (Å²) in [4.78, 5) is 16.5. The van der Waals surface area contributed by atoms with E-state index in [9.17, 15) is 18.0 Å². The fraction of sp³-hybridized carbons (Fsp3) is 0.100. The van der Waals surface area contributed by atoms with E-state index in [2.05, 4.69) is 25.2 Å². The third-order valence-corrected chi connectivity index (χ3v) is 4.19. The van der Waals surface area contributed by atoms with E-state index in [1.165, 1.54) is 24.3 Å². The number of carbonyl (C=O) groups is 1. The summed E-state index contributed by atoms with van der Waals surface area (Å²) < 4.78 is 42.4. The molecule has 3 aromatic heterocycles. The molecule has 1 amide bonds. The first-order valence-electron chi connectivity index (χ1n) is 8.77. The van der Waals surface area contributed by atoms with E-state index in [0.29, 0.717) is 29.1 Å². The molecule has 30 heavy (non-hydrogen) atoms. The van der Waals surface area contributed by atoms with Crippen LogP contribution in [0.1, 0.15) is 15.9 Å². The zero-order valence-electron chi connectivity index (χ0n) is 15.3. The fourth-order valence-corrected chi connectivity index (χ4v) is 2.81. The minimum atomic E-state index is -4.76. The van der Waals surface area contributed by atoms with Gasteiger partial charge in [0.1, 0.15) is 5.75 Å². The van der Waals surface area contributed by atoms with E-state index in [1.807, 2.05) is 6.07 Å². The van der Waals surface area contributed by atoms with E-state index in [-0.39, 0.29) is 11.7 Å². The zero-order valence-corrected chi connectivity index (χ0v) is 15.3. The van der Waals surface area contributed by atoms with Crippen LogP contribution < -0.4 is 10.1 Å². The van der Waals surface area contributed by atoms with Crippen molar-refractivity contribution in [2.45, 2.75) is 12.9 Å². The van der Waals surface area contributed by atoms with Crippen molar-refractivity contribution in [2.75, 3.05) is 0 Å². The lowest BCUT2D eigenvalue weighted by Gasteiger charge is -2.09. The number of amides is 1. The zero-order chi connectivity index (χ0) is 21.1. The van der Waals surface area contributed by atoms with Gasteiger partial charge in [-0.1, -0.05) is 6.07 Å². The van der Waals surface area contributed by atoms with Gasteiger partial charge in [0.2, 0.25) is 0 Å². The van der Waals surface area contributed by atoms with Crippen LogP contribution in [0.3, 0.4) is 0 Å². The predicted molar refractivity (Wildman–Crippen MR) is 101 cm³/mol. The molecule has 0 unspecified atom stereocenters. The lowest BCUT2D eigenvalue weighted by molar-refractivity contribution is -0.274. The standard InChI is InChI=1S/C20H14F3N5O2/c21-20(22,23)30-16-6-3-14(4-7-16)18-27-26-17-8-5-15(12-28(17)18)19(29)25-11-13-2-1-9-24-10-13/h1-10,12H,11H2,(H,25,29). The molecular formula is C20H14F3N5O2. The molecule has 0 aliphatic carbocycles. The highest BCUT2D eigenvalue weighted by Crippen LogP contribution is 2.26. The molecule has 4 aromatic rings. The lowest BCUT2D eigenvalue weighted by Crippen LogP contribution is -2.23. The Morgan fingerprint density at radius 1 is 1.07 bits per heavy atom. The number of ether oxygens (including phenoxy) is 1. The van der Waals surface area contributed by atoms with Gasteiger partial charge in [-0.15, -0.1) is 23.4 Å². The van der Waals surface area contributed by atoms with Crippen LogP contribution in [0.4, 0.5) is 13.2 Å². The van der Waals surface area contributed by atoms with E-state index >= 15 is 0 Å². The normalized spacial score (nSPS) is 11.4. The largest absolute Gasteiger partial charge is 0.573 e. The summed E-state index contributed by atoms with van der Waals surface area (Å²) in [5.41, 5.74) is 2.25. The molecule has 10 heteroatoms. The number of alkyl halides is 3. The highest BCUT2D eigenvalue weighted by atomic mass is 19.4. The lowest BCUT2D eigenvalue weighted by atomic mass is 10.2. The number of nitrogens with one attached hydrogen (secondary N) is 1. The first-order chi connectivity index (χ1) is 14.4. The first kappa shape index (κ1) is 19.4. The molecular weight excluding hydrogens is 399 g/mol. The van der Waals surface area contributed by atoms with Crippen molar-refractivity contribution in [3.8, 4) is 17.1 Å². The predicted octanol–water partition coefficient (Wildman–Crippen LogP) is 3.62. The van der Waals surface area contributed by atoms with Crippen molar-refractivity contribution in [2.24, 2.45) is 0 Å². The summed E-state index contributed by atoms with van der Waals surface area (Å²) in [5.74, 6) is -0.254. The Bertz CT molecular complexity index is 1170. The van der Waals surface area contributed by atoms with Crippen LogP contribution in [0.15, 0.2) is 67.1 Å². The Morgan fingerprint density at radius 2 is 1.87 bits per heavy atom. The highest BCUT2D eigenvalue weighted by molar-refractivity contribution is 5.94. The maximum absolute atomic E-state index is 12.5. The van der Waals surface area contributed by atoms with Crippen molar-refractivity contribution < 1.29 is 22.7 Å². The molecule has 0 bridgehead atoms. The molecule has 4 rings (SSSR count). The number of carbonyl (C=O) groups excluding carboxylic acids is 1. The molecule has 0 radical (unpaired) electrons. The monoisotopic (exact) mass is 413 g/mol. The molecule has 3 heterocycles. The van der Waals surface area contributed by atoms with Gasteiger partial charge in [0.25, 0.3) is 5.91 Å². The summed E-state index contributed by atoms with van der Waals surface area (Å²) in [6.45, 7) is 0.320. The van der Waals surface area contributed by atoms with Crippen LogP contribution in [0.5, 0.6) is 5.75 Å². The van der Waals surface area contributed by atoms with Crippen LogP contribution in [0, 0.1) is 0 Å². The molecule has 1 aromatic carbocycles. The number of benzene rings is 1. The second-order valence-electron chi connectivity index (χ2n) is 6.29. The van der Waals surface area contributed by atoms with Crippen LogP contribution >= 0.6 is 0 Å². The molecule has 0 saturated heterocycles. The molecule has 0 aliphatic heterocycles. The molecule has 0 spiro atoms. The minimum Gasteiger partial charge on any atom is -0.406 e. The second kappa shape index (κ2) is 7.82. The van der Waals surface area contributed by atoms with Gasteiger partial charge >= 0.3 is 6.36 Å². The molecule has 7 nitrogen and oxygen atoms in total. The van der Waals surface area contributed by atoms with Gasteiger partial charge in [-0.05, 0) is 48.0 Å². The van der Waals surface area contributed by atoms with Crippen LogP contribution in [-0.4, -0.2) is 31.9 Å². The molecule has 152 valence electrons. The van der Waals surface area contributed by atoms with Gasteiger partial charge < -0.3 is 10.1 Å². The Balaban J connectivity index is 1.56. The smallest absolute Gasteiger partial charge is 0.406 e. The van der Waals surface area contributed by atoms with Crippen molar-refractivity contribution in [1.82, 2.24) is 24.9 Å². The summed E-state index contributed by atoms with van der Waals surface area (Å²) in [7, 11) is 0. The summed E-state index contributed by atoms with van der Waals surface area (Å²) in [6.07, 6.45) is 0.118. The van der Waals surface area contributed by atoms with Gasteiger partial charge in [-0.3, -0.25) is 14.2 Å². The minimum absolute atomic E-state index is 0.297. The first-order valence-corrected chi connectivity index (χ1v) is 8.77. The van der Waals surface area contributed by atoms with Gasteiger partial charge in [-0.2, -0.15) is 0 Å². The van der Waals surface area contributed by atoms with E-state index in [4.69, 9.17) is 0 Å². The number of hydrogen-bond donors (Lipinski definition) is 1. The van der Waals surface area contributed by atoms with Crippen LogP contribution in [0.2, 0.25) is 0 Å². The maximum atomic E-state index is 12.5. The molecule has 0 atom stereocenters. The fourth-order valence-electron chi connectivity index (χ4n) is 2.81. The average molecular weight is 413 g/mol. The molecule has 0 saturated carbocycles. The molecule has 0 aliphatic rings. The third-order valence-electron chi connectivity index (χ3n) is 4.19. The Morgan fingerprint density at radius 3 is 2.57 bits per heavy atom. The molecule has 0 fully saturated rings. The van der Waals surface area contributed by atoms with Crippen LogP contribution in [-0.2, 0) is 6.54 Å². The third kappa shape index (κ3) is 4.37. The van der Waals surface area contributed by atoms with Crippen molar-refractivity contribution in [1.29, 1.82) is 0 Å². The number of rotatable bonds is 5. The number of nitrogens with zero attached hydrogens (tertiary/aromatic N) is 4. The van der Waals surface area contributed by atoms with Crippen molar-refractivity contribution in [3.05, 3.63) is 78.2 Å². The number of aromatic nitrogens is 4. The summed E-state index contributed by atoms with van der Waals surface area (Å²) in [5, 5.41) is 10.9. The van der Waals surface area contributed by atoms with Gasteiger partial charge in [0, 0.05) is 30.7 Å². The SMILES string of the molecule is O=C(NCc1cccnc1)c1ccc2nnc(-c3ccc(OC(F)(F)F)cc3)n2c1. The average Bonchev–Trinajstić information content (AvgIpc) is 3.15. The summed E-state index contributed by atoms with van der Waals surface area (Å²) in [6, 6.07) is 12.1. The van der Waals surface area contributed by atoms with Gasteiger partial charge in [-0.25, -0.2) is 0 Å².